The normalized spacial score (nSPS) is 17.2. The molecule has 0 amide bonds. The standard InChI is InChI=1S/C30H30N6O/c31-30(12-2-13-30)23-5-7-24(8-6-23)36-28(22-11-14-32-20-22)34-27-10-9-26(33-29(27)36)21-3-1-4-25(19-21)35-15-17-37-18-16-35/h1,3-11,14,19-20,32H,2,12-13,15-18,31H2. The lowest BCUT2D eigenvalue weighted by Gasteiger charge is -2.38. The Labute approximate surface area is 215 Å². The van der Waals surface area contributed by atoms with Crippen LogP contribution in [0.4, 0.5) is 5.69 Å². The van der Waals surface area contributed by atoms with Gasteiger partial charge < -0.3 is 20.4 Å². The SMILES string of the molecule is NC1(c2ccc(-n3c(-c4cc[nH]c4)nc4ccc(-c5cccc(N6CCOCC6)c5)nc43)cc2)CCC1. The maximum atomic E-state index is 6.59. The van der Waals surface area contributed by atoms with Crippen molar-refractivity contribution in [2.75, 3.05) is 31.2 Å². The van der Waals surface area contributed by atoms with Crippen molar-refractivity contribution in [1.82, 2.24) is 19.5 Å². The molecular weight excluding hydrogens is 460 g/mol. The zero-order valence-electron chi connectivity index (χ0n) is 20.7. The van der Waals surface area contributed by atoms with Crippen LogP contribution in [0.3, 0.4) is 0 Å². The predicted molar refractivity (Wildman–Crippen MR) is 147 cm³/mol. The highest BCUT2D eigenvalue weighted by molar-refractivity contribution is 5.83. The molecule has 1 saturated carbocycles. The smallest absolute Gasteiger partial charge is 0.165 e. The summed E-state index contributed by atoms with van der Waals surface area (Å²) in [5.74, 6) is 0.863. The van der Waals surface area contributed by atoms with Crippen LogP contribution in [0.5, 0.6) is 0 Å². The fourth-order valence-corrected chi connectivity index (χ4v) is 5.49. The van der Waals surface area contributed by atoms with E-state index in [0.29, 0.717) is 0 Å². The first-order valence-corrected chi connectivity index (χ1v) is 13.0. The van der Waals surface area contributed by atoms with E-state index in [9.17, 15) is 0 Å². The fraction of sp³-hybridized carbons (Fsp3) is 0.267. The van der Waals surface area contributed by atoms with Gasteiger partial charge in [-0.05, 0) is 67.3 Å². The minimum Gasteiger partial charge on any atom is -0.378 e. The van der Waals surface area contributed by atoms with Crippen molar-refractivity contribution in [2.24, 2.45) is 5.73 Å². The number of rotatable bonds is 5. The Kier molecular flexibility index (Phi) is 5.34. The highest BCUT2D eigenvalue weighted by Crippen LogP contribution is 2.39. The third-order valence-electron chi connectivity index (χ3n) is 7.82. The molecule has 2 aromatic carbocycles. The van der Waals surface area contributed by atoms with E-state index in [1.165, 1.54) is 17.7 Å². The first-order chi connectivity index (χ1) is 18.2. The number of imidazole rings is 1. The minimum absolute atomic E-state index is 0.185. The third kappa shape index (κ3) is 3.91. The Hall–Kier alpha value is -3.94. The Morgan fingerprint density at radius 3 is 2.43 bits per heavy atom. The lowest BCUT2D eigenvalue weighted by molar-refractivity contribution is 0.122. The van der Waals surface area contributed by atoms with Crippen LogP contribution >= 0.6 is 0 Å². The lowest BCUT2D eigenvalue weighted by Crippen LogP contribution is -2.43. The van der Waals surface area contributed by atoms with Crippen LogP contribution in [-0.4, -0.2) is 45.8 Å². The van der Waals surface area contributed by atoms with E-state index in [0.717, 1.165) is 78.6 Å². The number of ether oxygens (including phenoxy) is 1. The summed E-state index contributed by atoms with van der Waals surface area (Å²) in [4.78, 5) is 15.7. The van der Waals surface area contributed by atoms with Crippen molar-refractivity contribution in [3.05, 3.63) is 84.7 Å². The topological polar surface area (TPSA) is 85.0 Å². The molecule has 0 atom stereocenters. The molecule has 0 bridgehead atoms. The Morgan fingerprint density at radius 2 is 1.70 bits per heavy atom. The number of hydrogen-bond donors (Lipinski definition) is 2. The molecule has 0 spiro atoms. The molecule has 2 fully saturated rings. The van der Waals surface area contributed by atoms with Gasteiger partial charge in [0.15, 0.2) is 5.65 Å². The number of anilines is 1. The van der Waals surface area contributed by atoms with Gasteiger partial charge in [-0.1, -0.05) is 24.3 Å². The monoisotopic (exact) mass is 490 g/mol. The van der Waals surface area contributed by atoms with E-state index in [-0.39, 0.29) is 5.54 Å². The largest absolute Gasteiger partial charge is 0.378 e. The van der Waals surface area contributed by atoms with Gasteiger partial charge in [0.1, 0.15) is 11.3 Å². The quantitative estimate of drug-likeness (QED) is 0.351. The van der Waals surface area contributed by atoms with Gasteiger partial charge in [-0.15, -0.1) is 0 Å². The number of aromatic amines is 1. The highest BCUT2D eigenvalue weighted by atomic mass is 16.5. The van der Waals surface area contributed by atoms with Gasteiger partial charge in [-0.3, -0.25) is 4.57 Å². The van der Waals surface area contributed by atoms with E-state index in [2.05, 4.69) is 75.1 Å². The molecular formula is C30H30N6O. The number of aromatic nitrogens is 4. The summed E-state index contributed by atoms with van der Waals surface area (Å²) in [5, 5.41) is 0. The number of hydrogen-bond acceptors (Lipinski definition) is 5. The second-order valence-corrected chi connectivity index (χ2v) is 10.1. The van der Waals surface area contributed by atoms with Crippen molar-refractivity contribution >= 4 is 16.9 Å². The molecule has 0 radical (unpaired) electrons. The molecule has 5 aromatic rings. The maximum absolute atomic E-state index is 6.59. The van der Waals surface area contributed by atoms with Gasteiger partial charge in [0.25, 0.3) is 0 Å². The van der Waals surface area contributed by atoms with E-state index in [4.69, 9.17) is 20.4 Å². The number of nitrogens with zero attached hydrogens (tertiary/aromatic N) is 4. The van der Waals surface area contributed by atoms with E-state index < -0.39 is 0 Å². The number of nitrogens with one attached hydrogen (secondary N) is 1. The van der Waals surface area contributed by atoms with Crippen LogP contribution < -0.4 is 10.6 Å². The van der Waals surface area contributed by atoms with Crippen LogP contribution in [0.25, 0.3) is 39.5 Å². The maximum Gasteiger partial charge on any atom is 0.165 e. The Morgan fingerprint density at radius 1 is 0.865 bits per heavy atom. The number of pyridine rings is 1. The molecule has 7 rings (SSSR count). The Bertz CT molecular complexity index is 1540. The summed E-state index contributed by atoms with van der Waals surface area (Å²) < 4.78 is 7.69. The molecule has 3 aromatic heterocycles. The van der Waals surface area contributed by atoms with Gasteiger partial charge in [-0.2, -0.15) is 0 Å². The van der Waals surface area contributed by atoms with Gasteiger partial charge in [0.2, 0.25) is 0 Å². The summed E-state index contributed by atoms with van der Waals surface area (Å²) in [7, 11) is 0. The second kappa shape index (κ2) is 8.87. The third-order valence-corrected chi connectivity index (χ3v) is 7.82. The van der Waals surface area contributed by atoms with Gasteiger partial charge >= 0.3 is 0 Å². The van der Waals surface area contributed by atoms with Gasteiger partial charge in [-0.25, -0.2) is 9.97 Å². The molecule has 1 saturated heterocycles. The summed E-state index contributed by atoms with van der Waals surface area (Å²) in [5.41, 5.74) is 14.6. The van der Waals surface area contributed by atoms with Crippen LogP contribution in [0.1, 0.15) is 24.8 Å². The zero-order valence-corrected chi connectivity index (χ0v) is 20.7. The average molecular weight is 491 g/mol. The Balaban J connectivity index is 1.34. The second-order valence-electron chi connectivity index (χ2n) is 10.1. The molecule has 0 unspecified atom stereocenters. The molecule has 7 heteroatoms. The minimum atomic E-state index is -0.185. The summed E-state index contributed by atoms with van der Waals surface area (Å²) in [6, 6.07) is 23.4. The van der Waals surface area contributed by atoms with Crippen LogP contribution in [-0.2, 0) is 10.3 Å². The van der Waals surface area contributed by atoms with E-state index >= 15 is 0 Å². The van der Waals surface area contributed by atoms with Crippen molar-refractivity contribution in [2.45, 2.75) is 24.8 Å². The molecule has 2 aliphatic rings. The number of fused-ring (bicyclic) bond motifs is 1. The fourth-order valence-electron chi connectivity index (χ4n) is 5.49. The van der Waals surface area contributed by atoms with Crippen molar-refractivity contribution in [1.29, 1.82) is 0 Å². The van der Waals surface area contributed by atoms with Crippen LogP contribution in [0.15, 0.2) is 79.1 Å². The number of nitrogens with two attached hydrogens (primary N) is 1. The lowest BCUT2D eigenvalue weighted by atomic mass is 9.73. The van der Waals surface area contributed by atoms with Crippen LogP contribution in [0, 0.1) is 0 Å². The molecule has 7 nitrogen and oxygen atoms in total. The van der Waals surface area contributed by atoms with Crippen molar-refractivity contribution in [3.8, 4) is 28.3 Å². The number of morpholine rings is 1. The predicted octanol–water partition coefficient (Wildman–Crippen LogP) is 5.26. The molecule has 37 heavy (non-hydrogen) atoms. The van der Waals surface area contributed by atoms with Crippen molar-refractivity contribution in [3.63, 3.8) is 0 Å². The van der Waals surface area contributed by atoms with E-state index in [1.54, 1.807) is 0 Å². The molecule has 186 valence electrons. The summed E-state index contributed by atoms with van der Waals surface area (Å²) in [6.07, 6.45) is 7.18. The highest BCUT2D eigenvalue weighted by Gasteiger charge is 2.34. The van der Waals surface area contributed by atoms with Gasteiger partial charge in [0, 0.05) is 53.5 Å². The van der Waals surface area contributed by atoms with Gasteiger partial charge in [0.05, 0.1) is 18.9 Å². The van der Waals surface area contributed by atoms with Crippen LogP contribution in [0.2, 0.25) is 0 Å². The van der Waals surface area contributed by atoms with E-state index in [1.807, 2.05) is 18.5 Å². The molecule has 1 aliphatic carbocycles. The average Bonchev–Trinajstić information content (AvgIpc) is 3.60. The molecule has 4 heterocycles. The summed E-state index contributed by atoms with van der Waals surface area (Å²) in [6.45, 7) is 3.34. The molecule has 1 aliphatic heterocycles. The molecule has 3 N–H and O–H groups in total. The zero-order chi connectivity index (χ0) is 24.8. The van der Waals surface area contributed by atoms with Crippen molar-refractivity contribution < 1.29 is 4.74 Å². The first kappa shape index (κ1) is 22.3. The first-order valence-electron chi connectivity index (χ1n) is 13.0. The number of H-pyrrole nitrogens is 1. The summed E-state index contributed by atoms with van der Waals surface area (Å²) >= 11 is 0. The number of benzene rings is 2.